The highest BCUT2D eigenvalue weighted by Crippen LogP contribution is 2.56. The number of rotatable bonds is 7. The number of nitrogens with zero attached hydrogens (tertiary/aromatic N) is 2. The van der Waals surface area contributed by atoms with Crippen LogP contribution in [0, 0.1) is 0 Å². The normalized spacial score (nSPS) is 12.8. The lowest BCUT2D eigenvalue weighted by Crippen LogP contribution is -2.28. The molecule has 0 saturated carbocycles. The fraction of sp³-hybridized carbons (Fsp3) is 0.0164. The van der Waals surface area contributed by atoms with Crippen LogP contribution in [0.4, 0.5) is 17.1 Å². The molecular formula is C61H40N2O. The molecule has 0 aliphatic heterocycles. The molecule has 1 aliphatic rings. The van der Waals surface area contributed by atoms with Crippen molar-refractivity contribution in [3.05, 3.63) is 265 Å². The molecule has 3 heteroatoms. The Morgan fingerprint density at radius 3 is 1.67 bits per heavy atom. The van der Waals surface area contributed by atoms with Gasteiger partial charge in [-0.1, -0.05) is 176 Å². The maximum atomic E-state index is 6.76. The van der Waals surface area contributed by atoms with E-state index in [0.717, 1.165) is 55.7 Å². The Labute approximate surface area is 371 Å². The van der Waals surface area contributed by atoms with Crippen LogP contribution in [0.5, 0.6) is 0 Å². The lowest BCUT2D eigenvalue weighted by molar-refractivity contribution is 0.669. The molecule has 0 unspecified atom stereocenters. The van der Waals surface area contributed by atoms with Gasteiger partial charge in [-0.15, -0.1) is 0 Å². The molecule has 0 fully saturated rings. The first kappa shape index (κ1) is 36.3. The standard InChI is InChI=1S/C61H40N2O/c1-4-17-41(18-5-1)42-31-34-46(35-32-42)62(58-29-16-26-51-50-25-12-15-30-59(50)64-60(51)58)47-36-38-57-53(40-47)52-39-44(33-37-56(52)63(57)45-21-8-3-9-22-45)61(43-19-6-2-7-20-43)54-27-13-10-23-48(54)49-24-11-14-28-55(49)61/h1-40H. The van der Waals surface area contributed by atoms with Gasteiger partial charge in [-0.3, -0.25) is 0 Å². The van der Waals surface area contributed by atoms with E-state index in [2.05, 4.69) is 246 Å². The summed E-state index contributed by atoms with van der Waals surface area (Å²) < 4.78 is 9.18. The number of anilines is 3. The summed E-state index contributed by atoms with van der Waals surface area (Å²) in [7, 11) is 0. The number of para-hydroxylation sites is 3. The molecule has 12 aromatic rings. The molecule has 0 spiro atoms. The molecule has 0 bridgehead atoms. The number of hydrogen-bond donors (Lipinski definition) is 0. The van der Waals surface area contributed by atoms with Gasteiger partial charge >= 0.3 is 0 Å². The van der Waals surface area contributed by atoms with Gasteiger partial charge in [-0.2, -0.15) is 0 Å². The Morgan fingerprint density at radius 2 is 0.938 bits per heavy atom. The van der Waals surface area contributed by atoms with E-state index in [9.17, 15) is 0 Å². The second kappa shape index (κ2) is 14.3. The third-order valence-electron chi connectivity index (χ3n) is 13.5. The summed E-state index contributed by atoms with van der Waals surface area (Å²) in [5, 5.41) is 4.56. The monoisotopic (exact) mass is 816 g/mol. The fourth-order valence-corrected chi connectivity index (χ4v) is 10.7. The van der Waals surface area contributed by atoms with Crippen LogP contribution in [0.1, 0.15) is 22.3 Å². The van der Waals surface area contributed by atoms with Crippen molar-refractivity contribution >= 4 is 60.8 Å². The molecule has 2 heterocycles. The topological polar surface area (TPSA) is 21.3 Å². The van der Waals surface area contributed by atoms with Gasteiger partial charge < -0.3 is 13.9 Å². The summed E-state index contributed by atoms with van der Waals surface area (Å²) in [6.07, 6.45) is 0. The first-order chi connectivity index (χ1) is 31.8. The van der Waals surface area contributed by atoms with Crippen molar-refractivity contribution in [2.75, 3.05) is 4.90 Å². The van der Waals surface area contributed by atoms with Crippen LogP contribution in [0.3, 0.4) is 0 Å². The first-order valence-electron chi connectivity index (χ1n) is 22.0. The zero-order valence-electron chi connectivity index (χ0n) is 34.9. The first-order valence-corrected chi connectivity index (χ1v) is 22.0. The second-order valence-corrected chi connectivity index (χ2v) is 16.8. The molecule has 10 aromatic carbocycles. The highest BCUT2D eigenvalue weighted by atomic mass is 16.3. The molecule has 0 N–H and O–H groups in total. The molecule has 1 aliphatic carbocycles. The summed E-state index contributed by atoms with van der Waals surface area (Å²) >= 11 is 0. The lowest BCUT2D eigenvalue weighted by atomic mass is 9.67. The zero-order valence-corrected chi connectivity index (χ0v) is 34.9. The summed E-state index contributed by atoms with van der Waals surface area (Å²) in [4.78, 5) is 2.36. The molecule has 0 atom stereocenters. The van der Waals surface area contributed by atoms with Crippen LogP contribution in [0.2, 0.25) is 0 Å². The summed E-state index contributed by atoms with van der Waals surface area (Å²) in [6.45, 7) is 0. The van der Waals surface area contributed by atoms with Crippen molar-refractivity contribution in [1.29, 1.82) is 0 Å². The molecule has 2 aromatic heterocycles. The van der Waals surface area contributed by atoms with E-state index >= 15 is 0 Å². The van der Waals surface area contributed by atoms with Gasteiger partial charge in [0.2, 0.25) is 0 Å². The molecule has 300 valence electrons. The largest absolute Gasteiger partial charge is 0.454 e. The van der Waals surface area contributed by atoms with Crippen molar-refractivity contribution < 1.29 is 4.42 Å². The van der Waals surface area contributed by atoms with Gasteiger partial charge in [0, 0.05) is 38.6 Å². The van der Waals surface area contributed by atoms with E-state index in [4.69, 9.17) is 4.42 Å². The second-order valence-electron chi connectivity index (χ2n) is 16.8. The minimum absolute atomic E-state index is 0.523. The number of fused-ring (bicyclic) bond motifs is 9. The van der Waals surface area contributed by atoms with Crippen LogP contribution in [0.25, 0.3) is 71.7 Å². The highest BCUT2D eigenvalue weighted by molar-refractivity contribution is 6.13. The number of benzene rings is 10. The maximum Gasteiger partial charge on any atom is 0.159 e. The Morgan fingerprint density at radius 1 is 0.375 bits per heavy atom. The summed E-state index contributed by atoms with van der Waals surface area (Å²) in [6, 6.07) is 88.3. The molecule has 0 amide bonds. The van der Waals surface area contributed by atoms with E-state index in [1.165, 1.54) is 55.3 Å². The van der Waals surface area contributed by atoms with Gasteiger partial charge in [0.15, 0.2) is 5.58 Å². The van der Waals surface area contributed by atoms with Crippen molar-refractivity contribution in [2.24, 2.45) is 0 Å². The van der Waals surface area contributed by atoms with Crippen LogP contribution in [-0.4, -0.2) is 4.57 Å². The Hall–Kier alpha value is -8.40. The maximum absolute atomic E-state index is 6.76. The van der Waals surface area contributed by atoms with E-state index in [1.807, 2.05) is 6.07 Å². The van der Waals surface area contributed by atoms with E-state index < -0.39 is 5.41 Å². The van der Waals surface area contributed by atoms with Crippen LogP contribution < -0.4 is 4.90 Å². The van der Waals surface area contributed by atoms with Crippen LogP contribution in [0.15, 0.2) is 247 Å². The van der Waals surface area contributed by atoms with Gasteiger partial charge in [0.1, 0.15) is 5.58 Å². The summed E-state index contributed by atoms with van der Waals surface area (Å²) in [5.74, 6) is 0. The fourth-order valence-electron chi connectivity index (χ4n) is 10.7. The van der Waals surface area contributed by atoms with Gasteiger partial charge in [-0.25, -0.2) is 0 Å². The van der Waals surface area contributed by atoms with Crippen molar-refractivity contribution in [3.8, 4) is 27.9 Å². The minimum Gasteiger partial charge on any atom is -0.454 e. The van der Waals surface area contributed by atoms with E-state index in [0.29, 0.717) is 0 Å². The van der Waals surface area contributed by atoms with E-state index in [-0.39, 0.29) is 0 Å². The Balaban J connectivity index is 1.09. The third kappa shape index (κ3) is 5.34. The van der Waals surface area contributed by atoms with Gasteiger partial charge in [-0.05, 0) is 111 Å². The number of hydrogen-bond acceptors (Lipinski definition) is 2. The average molecular weight is 817 g/mol. The molecule has 3 nitrogen and oxygen atoms in total. The molecule has 0 saturated heterocycles. The SMILES string of the molecule is c1ccc(-c2ccc(N(c3ccc4c(c3)c3cc(C5(c6ccccc6)c6ccccc6-c6ccccc65)ccc3n4-c3ccccc3)c3cccc4c3oc3ccccc34)cc2)cc1. The predicted molar refractivity (Wildman–Crippen MR) is 265 cm³/mol. The van der Waals surface area contributed by atoms with Crippen molar-refractivity contribution in [3.63, 3.8) is 0 Å². The van der Waals surface area contributed by atoms with Gasteiger partial charge in [0.25, 0.3) is 0 Å². The Bertz CT molecular complexity index is 3670. The average Bonchev–Trinajstić information content (AvgIpc) is 4.02. The molecule has 13 rings (SSSR count). The summed E-state index contributed by atoms with van der Waals surface area (Å²) in [5.41, 5.74) is 17.7. The van der Waals surface area contributed by atoms with Crippen molar-refractivity contribution in [2.45, 2.75) is 5.41 Å². The van der Waals surface area contributed by atoms with Crippen molar-refractivity contribution in [1.82, 2.24) is 4.57 Å². The minimum atomic E-state index is -0.523. The smallest absolute Gasteiger partial charge is 0.159 e. The highest BCUT2D eigenvalue weighted by Gasteiger charge is 2.46. The molecule has 64 heavy (non-hydrogen) atoms. The van der Waals surface area contributed by atoms with Gasteiger partial charge in [0.05, 0.1) is 22.1 Å². The molecule has 0 radical (unpaired) electrons. The number of furan rings is 1. The van der Waals surface area contributed by atoms with E-state index in [1.54, 1.807) is 0 Å². The zero-order chi connectivity index (χ0) is 42.2. The number of aromatic nitrogens is 1. The van der Waals surface area contributed by atoms with Crippen LogP contribution in [-0.2, 0) is 5.41 Å². The van der Waals surface area contributed by atoms with Crippen LogP contribution >= 0.6 is 0 Å². The third-order valence-corrected chi connectivity index (χ3v) is 13.5. The quantitative estimate of drug-likeness (QED) is 0.160. The Kier molecular flexibility index (Phi) is 8.13. The lowest BCUT2D eigenvalue weighted by Gasteiger charge is -2.34. The molecular weight excluding hydrogens is 777 g/mol. The predicted octanol–water partition coefficient (Wildman–Crippen LogP) is 16.2.